The Labute approximate surface area is 96.8 Å². The lowest BCUT2D eigenvalue weighted by atomic mass is 10.2. The predicted molar refractivity (Wildman–Crippen MR) is 58.5 cm³/mol. The Hall–Kier alpha value is -2.62. The number of carbonyl (C=O) groups excluding carboxylic acids is 1. The first-order chi connectivity index (χ1) is 8.08. The van der Waals surface area contributed by atoms with E-state index in [0.29, 0.717) is 0 Å². The van der Waals surface area contributed by atoms with Crippen LogP contribution in [-0.2, 0) is 4.74 Å². The minimum absolute atomic E-state index is 0.00699. The van der Waals surface area contributed by atoms with Crippen LogP contribution in [0.3, 0.4) is 0 Å². The predicted octanol–water partition coefficient (Wildman–Crippen LogP) is 2.03. The second-order valence-electron chi connectivity index (χ2n) is 2.95. The highest BCUT2D eigenvalue weighted by Crippen LogP contribution is 2.25. The monoisotopic (exact) mass is 235 g/mol. The lowest BCUT2D eigenvalue weighted by Crippen LogP contribution is -2.14. The van der Waals surface area contributed by atoms with Crippen LogP contribution >= 0.6 is 0 Å². The highest BCUT2D eigenvalue weighted by Gasteiger charge is 2.16. The van der Waals surface area contributed by atoms with E-state index in [1.807, 2.05) is 0 Å². The maximum absolute atomic E-state index is 11.1. The molecule has 0 aliphatic heterocycles. The molecule has 1 aromatic rings. The van der Waals surface area contributed by atoms with Crippen molar-refractivity contribution in [3.05, 3.63) is 33.9 Å². The van der Waals surface area contributed by atoms with Gasteiger partial charge in [0.05, 0.1) is 23.2 Å². The normalized spacial score (nSPS) is 9.18. The summed E-state index contributed by atoms with van der Waals surface area (Å²) in [4.78, 5) is 21.2. The summed E-state index contributed by atoms with van der Waals surface area (Å²) in [6.45, 7) is 1.78. The number of nitrogens with zero attached hydrogens (tertiary/aromatic N) is 2. The molecule has 0 fully saturated rings. The summed E-state index contributed by atoms with van der Waals surface area (Å²) in [7, 11) is 0. The molecule has 0 spiro atoms. The minimum Gasteiger partial charge on any atom is -0.450 e. The van der Waals surface area contributed by atoms with Crippen LogP contribution in [0.1, 0.15) is 12.5 Å². The molecule has 7 heteroatoms. The molecule has 0 heterocycles. The number of hydrogen-bond donors (Lipinski definition) is 1. The van der Waals surface area contributed by atoms with Crippen LogP contribution in [0.25, 0.3) is 0 Å². The van der Waals surface area contributed by atoms with Crippen LogP contribution in [-0.4, -0.2) is 17.6 Å². The van der Waals surface area contributed by atoms with E-state index < -0.39 is 11.0 Å². The topological polar surface area (TPSA) is 105 Å². The summed E-state index contributed by atoms with van der Waals surface area (Å²) in [5.74, 6) is 0. The van der Waals surface area contributed by atoms with Gasteiger partial charge in [-0.3, -0.25) is 15.4 Å². The lowest BCUT2D eigenvalue weighted by molar-refractivity contribution is -0.383. The molecule has 0 aromatic heterocycles. The zero-order chi connectivity index (χ0) is 12.8. The summed E-state index contributed by atoms with van der Waals surface area (Å²) in [6.07, 6.45) is -0.777. The van der Waals surface area contributed by atoms with Crippen molar-refractivity contribution in [2.45, 2.75) is 6.92 Å². The van der Waals surface area contributed by atoms with Crippen molar-refractivity contribution < 1.29 is 14.5 Å². The molecule has 0 aliphatic carbocycles. The van der Waals surface area contributed by atoms with Gasteiger partial charge in [0.1, 0.15) is 5.69 Å². The molecule has 1 amide bonds. The zero-order valence-electron chi connectivity index (χ0n) is 8.97. The second-order valence-corrected chi connectivity index (χ2v) is 2.95. The fraction of sp³-hybridized carbons (Fsp3) is 0.200. The number of nitro benzene ring substituents is 1. The molecule has 1 N–H and O–H groups in total. The highest BCUT2D eigenvalue weighted by molar-refractivity contribution is 5.88. The van der Waals surface area contributed by atoms with Gasteiger partial charge in [0.15, 0.2) is 0 Å². The average molecular weight is 235 g/mol. The van der Waals surface area contributed by atoms with Crippen molar-refractivity contribution >= 4 is 17.5 Å². The van der Waals surface area contributed by atoms with Crippen molar-refractivity contribution in [2.75, 3.05) is 11.9 Å². The first-order valence-corrected chi connectivity index (χ1v) is 4.70. The summed E-state index contributed by atoms with van der Waals surface area (Å²) in [5.41, 5.74) is -0.212. The molecule has 0 atom stereocenters. The Morgan fingerprint density at radius 3 is 2.88 bits per heavy atom. The summed E-state index contributed by atoms with van der Waals surface area (Å²) in [6, 6.07) is 5.52. The van der Waals surface area contributed by atoms with Gasteiger partial charge in [0, 0.05) is 6.07 Å². The Kier molecular flexibility index (Phi) is 4.00. The van der Waals surface area contributed by atoms with Gasteiger partial charge in [-0.2, -0.15) is 5.26 Å². The lowest BCUT2D eigenvalue weighted by Gasteiger charge is -2.05. The molecular formula is C10H9N3O4. The summed E-state index contributed by atoms with van der Waals surface area (Å²) >= 11 is 0. The van der Waals surface area contributed by atoms with Gasteiger partial charge in [0.25, 0.3) is 5.69 Å². The van der Waals surface area contributed by atoms with E-state index in [1.165, 1.54) is 12.1 Å². The van der Waals surface area contributed by atoms with Crippen LogP contribution in [0.15, 0.2) is 18.2 Å². The van der Waals surface area contributed by atoms with E-state index in [0.717, 1.165) is 6.07 Å². The van der Waals surface area contributed by atoms with E-state index in [-0.39, 0.29) is 23.5 Å². The number of nitrogens with one attached hydrogen (secondary N) is 1. The number of rotatable bonds is 3. The van der Waals surface area contributed by atoms with Crippen LogP contribution in [0, 0.1) is 21.4 Å². The number of anilines is 1. The zero-order valence-corrected chi connectivity index (χ0v) is 8.97. The van der Waals surface area contributed by atoms with Gasteiger partial charge in [0.2, 0.25) is 0 Å². The van der Waals surface area contributed by atoms with Crippen molar-refractivity contribution in [3.8, 4) is 6.07 Å². The minimum atomic E-state index is -0.777. The smallest absolute Gasteiger partial charge is 0.411 e. The maximum Gasteiger partial charge on any atom is 0.411 e. The molecule has 0 bridgehead atoms. The van der Waals surface area contributed by atoms with E-state index in [9.17, 15) is 14.9 Å². The van der Waals surface area contributed by atoms with Gasteiger partial charge in [-0.25, -0.2) is 4.79 Å². The molecule has 88 valence electrons. The van der Waals surface area contributed by atoms with Crippen molar-refractivity contribution in [3.63, 3.8) is 0 Å². The molecule has 1 rings (SSSR count). The van der Waals surface area contributed by atoms with Gasteiger partial charge in [-0.1, -0.05) is 0 Å². The van der Waals surface area contributed by atoms with E-state index in [4.69, 9.17) is 5.26 Å². The third-order valence-electron chi connectivity index (χ3n) is 1.84. The molecular weight excluding hydrogens is 226 g/mol. The molecule has 1 aromatic carbocycles. The number of nitro groups is 1. The summed E-state index contributed by atoms with van der Waals surface area (Å²) in [5, 5.41) is 21.6. The standard InChI is InChI=1S/C10H9N3O4/c1-2-17-10(14)12-8-4-3-7(6-11)5-9(8)13(15)16/h3-5H,2H2,1H3,(H,12,14). The number of benzene rings is 1. The molecule has 17 heavy (non-hydrogen) atoms. The SMILES string of the molecule is CCOC(=O)Nc1ccc(C#N)cc1[N+](=O)[O-]. The summed E-state index contributed by atoms with van der Waals surface area (Å²) < 4.78 is 4.60. The Morgan fingerprint density at radius 2 is 2.35 bits per heavy atom. The van der Waals surface area contributed by atoms with E-state index in [2.05, 4.69) is 10.1 Å². The molecule has 0 saturated heterocycles. The van der Waals surface area contributed by atoms with Crippen LogP contribution < -0.4 is 5.32 Å². The molecule has 0 aliphatic rings. The van der Waals surface area contributed by atoms with E-state index >= 15 is 0 Å². The fourth-order valence-corrected chi connectivity index (χ4v) is 1.14. The van der Waals surface area contributed by atoms with Crippen molar-refractivity contribution in [1.82, 2.24) is 0 Å². The Balaban J connectivity index is 3.03. The van der Waals surface area contributed by atoms with Crippen molar-refractivity contribution in [1.29, 1.82) is 5.26 Å². The first-order valence-electron chi connectivity index (χ1n) is 4.70. The largest absolute Gasteiger partial charge is 0.450 e. The van der Waals surface area contributed by atoms with Crippen LogP contribution in [0.2, 0.25) is 0 Å². The Bertz CT molecular complexity index is 493. The first kappa shape index (κ1) is 12.4. The van der Waals surface area contributed by atoms with Gasteiger partial charge in [-0.15, -0.1) is 0 Å². The third kappa shape index (κ3) is 3.17. The fourth-order valence-electron chi connectivity index (χ4n) is 1.14. The molecule has 0 radical (unpaired) electrons. The molecule has 7 nitrogen and oxygen atoms in total. The van der Waals surface area contributed by atoms with Crippen molar-refractivity contribution in [2.24, 2.45) is 0 Å². The molecule has 0 unspecified atom stereocenters. The number of hydrogen-bond acceptors (Lipinski definition) is 5. The quantitative estimate of drug-likeness (QED) is 0.637. The van der Waals surface area contributed by atoms with Gasteiger partial charge >= 0.3 is 6.09 Å². The van der Waals surface area contributed by atoms with Crippen LogP contribution in [0.4, 0.5) is 16.2 Å². The third-order valence-corrected chi connectivity index (χ3v) is 1.84. The maximum atomic E-state index is 11.1. The van der Waals surface area contributed by atoms with Gasteiger partial charge < -0.3 is 4.74 Å². The Morgan fingerprint density at radius 1 is 1.65 bits per heavy atom. The average Bonchev–Trinajstić information content (AvgIpc) is 2.29. The number of ether oxygens (including phenoxy) is 1. The van der Waals surface area contributed by atoms with Gasteiger partial charge in [-0.05, 0) is 19.1 Å². The number of carbonyl (C=O) groups is 1. The highest BCUT2D eigenvalue weighted by atomic mass is 16.6. The van der Waals surface area contributed by atoms with Crippen LogP contribution in [0.5, 0.6) is 0 Å². The second kappa shape index (κ2) is 5.46. The number of amides is 1. The number of nitriles is 1. The van der Waals surface area contributed by atoms with E-state index in [1.54, 1.807) is 13.0 Å². The molecule has 0 saturated carbocycles.